The van der Waals surface area contributed by atoms with Crippen LogP contribution in [0.4, 0.5) is 17.1 Å². The number of furan rings is 2. The van der Waals surface area contributed by atoms with Gasteiger partial charge in [-0.15, -0.1) is 0 Å². The molecule has 0 radical (unpaired) electrons. The van der Waals surface area contributed by atoms with Gasteiger partial charge in [0, 0.05) is 76.5 Å². The molecular formula is C108H99NO2. The zero-order valence-electron chi connectivity index (χ0n) is 66.8. The highest BCUT2D eigenvalue weighted by molar-refractivity contribution is 6.19. The van der Waals surface area contributed by atoms with E-state index in [0.717, 1.165) is 44.7 Å². The lowest BCUT2D eigenvalue weighted by molar-refractivity contribution is 0.399. The van der Waals surface area contributed by atoms with Gasteiger partial charge in [0.05, 0.1) is 5.69 Å². The third-order valence-corrected chi connectivity index (χ3v) is 28.6. The Bertz CT molecular complexity index is 6470. The van der Waals surface area contributed by atoms with E-state index >= 15 is 0 Å². The second kappa shape index (κ2) is 24.4. The van der Waals surface area contributed by atoms with E-state index in [1.165, 1.54) is 238 Å². The molecule has 0 spiro atoms. The molecule has 0 atom stereocenters. The van der Waals surface area contributed by atoms with E-state index in [1.807, 2.05) is 0 Å². The van der Waals surface area contributed by atoms with Gasteiger partial charge < -0.3 is 13.7 Å². The van der Waals surface area contributed by atoms with Crippen LogP contribution in [0.2, 0.25) is 0 Å². The number of unbranched alkanes of at least 4 members (excludes halogenated alkanes) is 8. The molecule has 6 aliphatic rings. The summed E-state index contributed by atoms with van der Waals surface area (Å²) in [5.74, 6) is 0. The summed E-state index contributed by atoms with van der Waals surface area (Å²) < 4.78 is 13.9. The van der Waals surface area contributed by atoms with Crippen LogP contribution in [0.15, 0.2) is 245 Å². The minimum atomic E-state index is -0.407. The summed E-state index contributed by atoms with van der Waals surface area (Å²) >= 11 is 0. The predicted molar refractivity (Wildman–Crippen MR) is 467 cm³/mol. The summed E-state index contributed by atoms with van der Waals surface area (Å²) in [7, 11) is 0. The van der Waals surface area contributed by atoms with Crippen LogP contribution in [-0.4, -0.2) is 0 Å². The Labute approximate surface area is 655 Å². The van der Waals surface area contributed by atoms with E-state index in [-0.39, 0.29) is 27.1 Å². The summed E-state index contributed by atoms with van der Waals surface area (Å²) in [6.07, 6.45) is 15.4. The fraction of sp³-hybridized carbons (Fsp3) is 0.278. The molecule has 0 N–H and O–H groups in total. The second-order valence-corrected chi connectivity index (χ2v) is 36.5. The SMILES string of the molecule is CCCCCCCC1(CCCCCCC)c2ccccc2-c2ccc(-c3ccc4c(c3)C(C)(C)c3cc(-c5cc6c(c7c5oc5ccccc57)-c5ccc(N(c7ccc8c(c7)C(C)(C)c7cc9c(cc7-8)C(C)(C)c7ccc8oc%10ccccc%10c8c7-9)c7cccc8c7-c7ccccc7C8(C)C)cc5C6(C)C)ccc3-4)cc21. The fourth-order valence-corrected chi connectivity index (χ4v) is 22.6. The molecule has 6 aliphatic carbocycles. The van der Waals surface area contributed by atoms with E-state index in [2.05, 4.69) is 325 Å². The summed E-state index contributed by atoms with van der Waals surface area (Å²) in [6, 6.07) is 92.3. The number of hydrogen-bond donors (Lipinski definition) is 0. The quantitative estimate of drug-likeness (QED) is 0.0851. The fourth-order valence-electron chi connectivity index (χ4n) is 22.6. The number of anilines is 3. The third kappa shape index (κ3) is 9.57. The van der Waals surface area contributed by atoms with E-state index in [4.69, 9.17) is 8.83 Å². The van der Waals surface area contributed by atoms with Crippen molar-refractivity contribution in [2.45, 2.75) is 193 Å². The van der Waals surface area contributed by atoms with E-state index in [1.54, 1.807) is 11.1 Å². The average Bonchev–Trinajstić information content (AvgIpc) is 1.60. The molecule has 0 saturated heterocycles. The van der Waals surface area contributed by atoms with Crippen LogP contribution < -0.4 is 4.90 Å². The maximum Gasteiger partial charge on any atom is 0.143 e. The number of hydrogen-bond acceptors (Lipinski definition) is 3. The van der Waals surface area contributed by atoms with Gasteiger partial charge in [0.1, 0.15) is 22.3 Å². The lowest BCUT2D eigenvalue weighted by Gasteiger charge is -2.33. The van der Waals surface area contributed by atoms with Crippen molar-refractivity contribution in [3.05, 3.63) is 303 Å². The number of benzene rings is 13. The summed E-state index contributed by atoms with van der Waals surface area (Å²) in [4.78, 5) is 2.61. The molecule has 3 heteroatoms. The molecule has 15 aromatic rings. The Morgan fingerprint density at radius 1 is 0.261 bits per heavy atom. The third-order valence-electron chi connectivity index (χ3n) is 28.6. The van der Waals surface area contributed by atoms with Crippen molar-refractivity contribution in [3.8, 4) is 89.0 Å². The Hall–Kier alpha value is -10.7. The van der Waals surface area contributed by atoms with E-state index in [0.29, 0.717) is 0 Å². The zero-order chi connectivity index (χ0) is 75.6. The minimum absolute atomic E-state index is 0.0275. The molecule has 21 rings (SSSR count). The van der Waals surface area contributed by atoms with Crippen molar-refractivity contribution in [3.63, 3.8) is 0 Å². The maximum absolute atomic E-state index is 7.29. The molecule has 111 heavy (non-hydrogen) atoms. The second-order valence-electron chi connectivity index (χ2n) is 36.5. The maximum atomic E-state index is 7.29. The summed E-state index contributed by atoms with van der Waals surface area (Å²) in [6.45, 7) is 29.1. The van der Waals surface area contributed by atoms with Crippen molar-refractivity contribution in [2.75, 3.05) is 4.90 Å². The lowest BCUT2D eigenvalue weighted by atomic mass is 9.70. The first-order valence-corrected chi connectivity index (χ1v) is 41.7. The van der Waals surface area contributed by atoms with Gasteiger partial charge in [0.25, 0.3) is 0 Å². The van der Waals surface area contributed by atoms with Gasteiger partial charge in [0.15, 0.2) is 0 Å². The highest BCUT2D eigenvalue weighted by Gasteiger charge is 2.48. The van der Waals surface area contributed by atoms with Crippen LogP contribution in [0.5, 0.6) is 0 Å². The summed E-state index contributed by atoms with van der Waals surface area (Å²) in [5.41, 5.74) is 43.5. The predicted octanol–water partition coefficient (Wildman–Crippen LogP) is 30.8. The molecule has 2 heterocycles. The number of nitrogens with zero attached hydrogens (tertiary/aromatic N) is 1. The lowest BCUT2D eigenvalue weighted by Crippen LogP contribution is -2.25. The van der Waals surface area contributed by atoms with Gasteiger partial charge in [-0.2, -0.15) is 0 Å². The van der Waals surface area contributed by atoms with Crippen LogP contribution in [0.3, 0.4) is 0 Å². The van der Waals surface area contributed by atoms with Gasteiger partial charge in [0.2, 0.25) is 0 Å². The molecule has 13 aromatic carbocycles. The van der Waals surface area contributed by atoms with E-state index in [9.17, 15) is 0 Å². The molecule has 0 amide bonds. The molecule has 0 saturated carbocycles. The normalized spacial score (nSPS) is 16.3. The van der Waals surface area contributed by atoms with Crippen molar-refractivity contribution < 1.29 is 8.83 Å². The van der Waals surface area contributed by atoms with Crippen molar-refractivity contribution in [2.24, 2.45) is 0 Å². The number of rotatable bonds is 17. The van der Waals surface area contributed by atoms with Gasteiger partial charge in [-0.1, -0.05) is 299 Å². The van der Waals surface area contributed by atoms with Crippen molar-refractivity contribution in [1.29, 1.82) is 0 Å². The first-order valence-electron chi connectivity index (χ1n) is 41.7. The average molecular weight is 1440 g/mol. The standard InChI is InChI=1S/C108H99NO2/c1-13-15-17-19-29-54-108(55-30-20-18-16-14-2)82-37-26-21-32-69(82)72-48-43-65(57-91(72)108)64-42-47-70-71-49-44-66(58-86(71)105(7,8)85(70)56-64)78-61-92-98(101-77-35-24-28-41-95(77)111-102(78)101)75-51-46-68(60-88(75)107(92,11)12)109(93-39-31-38-83-97(93)74-33-22-25-36-81(74)103(83,3)4)67-45-50-73-79-62-90-80(63-89(79)106(9,10)87(73)59-67)99-84(104(90,5)6)52-53-96-100(99)76-34-23-27-40-94(76)110-96/h21-28,31-53,56-63H,13-20,29-30,54-55H2,1-12H3. The van der Waals surface area contributed by atoms with Crippen LogP contribution in [0.1, 0.15) is 227 Å². The first kappa shape index (κ1) is 68.3. The monoisotopic (exact) mass is 1440 g/mol. The highest BCUT2D eigenvalue weighted by Crippen LogP contribution is 2.64. The minimum Gasteiger partial charge on any atom is -0.456 e. The molecule has 548 valence electrons. The smallest absolute Gasteiger partial charge is 0.143 e. The Balaban J connectivity index is 0.668. The Morgan fingerprint density at radius 3 is 1.38 bits per heavy atom. The largest absolute Gasteiger partial charge is 0.456 e. The van der Waals surface area contributed by atoms with Crippen molar-refractivity contribution >= 4 is 60.9 Å². The van der Waals surface area contributed by atoms with Gasteiger partial charge >= 0.3 is 0 Å². The molecule has 0 unspecified atom stereocenters. The zero-order valence-corrected chi connectivity index (χ0v) is 66.8. The molecule has 2 aromatic heterocycles. The van der Waals surface area contributed by atoms with Gasteiger partial charge in [-0.3, -0.25) is 0 Å². The Morgan fingerprint density at radius 2 is 0.694 bits per heavy atom. The van der Waals surface area contributed by atoms with Crippen LogP contribution >= 0.6 is 0 Å². The number of fused-ring (bicyclic) bond motifs is 26. The molecule has 0 bridgehead atoms. The van der Waals surface area contributed by atoms with Crippen LogP contribution in [-0.2, 0) is 32.5 Å². The van der Waals surface area contributed by atoms with Crippen molar-refractivity contribution in [1.82, 2.24) is 0 Å². The first-order chi connectivity index (χ1) is 53.7. The molecule has 0 aliphatic heterocycles. The van der Waals surface area contributed by atoms with Gasteiger partial charge in [-0.05, 0) is 242 Å². The highest BCUT2D eigenvalue weighted by atomic mass is 16.3. The van der Waals surface area contributed by atoms with Crippen LogP contribution in [0.25, 0.3) is 133 Å². The van der Waals surface area contributed by atoms with Gasteiger partial charge in [-0.25, -0.2) is 0 Å². The van der Waals surface area contributed by atoms with Crippen LogP contribution in [0, 0.1) is 0 Å². The molecular weight excluding hydrogens is 1340 g/mol. The summed E-state index contributed by atoms with van der Waals surface area (Å²) in [5, 5.41) is 4.74. The molecule has 0 fully saturated rings. The Kier molecular flexibility index (Phi) is 15.0. The topological polar surface area (TPSA) is 29.5 Å². The number of para-hydroxylation sites is 2. The molecule has 3 nitrogen and oxygen atoms in total. The van der Waals surface area contributed by atoms with E-state index < -0.39 is 5.41 Å².